The third kappa shape index (κ3) is 3.48. The molecule has 1 fully saturated rings. The molecule has 22 heavy (non-hydrogen) atoms. The molecule has 3 rings (SSSR count). The molecule has 7 heteroatoms. The highest BCUT2D eigenvalue weighted by Crippen LogP contribution is 2.16. The van der Waals surface area contributed by atoms with Crippen LogP contribution in [0.5, 0.6) is 0 Å². The maximum Gasteiger partial charge on any atom is 0.142 e. The first-order valence-corrected chi connectivity index (χ1v) is 7.51. The van der Waals surface area contributed by atoms with Crippen LogP contribution in [0.3, 0.4) is 0 Å². The summed E-state index contributed by atoms with van der Waals surface area (Å²) in [5.74, 6) is -0.362. The Kier molecular flexibility index (Phi) is 4.44. The Labute approximate surface area is 129 Å². The molecule has 0 bridgehead atoms. The van der Waals surface area contributed by atoms with Gasteiger partial charge in [0.2, 0.25) is 0 Å². The summed E-state index contributed by atoms with van der Waals surface area (Å²) in [4.78, 5) is 8.56. The lowest BCUT2D eigenvalue weighted by Gasteiger charge is -2.20. The molecule has 1 unspecified atom stereocenters. The van der Waals surface area contributed by atoms with E-state index in [1.54, 1.807) is 6.20 Å². The SMILES string of the molecule is CN(C)C1CCN(CCn2cc(-c3cncc(F)c3)nn2)C1. The van der Waals surface area contributed by atoms with Crippen LogP contribution < -0.4 is 0 Å². The van der Waals surface area contributed by atoms with E-state index >= 15 is 0 Å². The highest BCUT2D eigenvalue weighted by molar-refractivity contribution is 5.55. The van der Waals surface area contributed by atoms with E-state index in [0.717, 1.165) is 26.2 Å². The summed E-state index contributed by atoms with van der Waals surface area (Å²) in [7, 11) is 4.26. The van der Waals surface area contributed by atoms with E-state index in [-0.39, 0.29) is 5.82 Å². The normalized spacial score (nSPS) is 19.2. The van der Waals surface area contributed by atoms with Gasteiger partial charge in [-0.2, -0.15) is 0 Å². The molecule has 0 N–H and O–H groups in total. The van der Waals surface area contributed by atoms with Crippen molar-refractivity contribution in [2.24, 2.45) is 0 Å². The van der Waals surface area contributed by atoms with E-state index in [0.29, 0.717) is 17.3 Å². The molecule has 6 nitrogen and oxygen atoms in total. The van der Waals surface area contributed by atoms with Crippen molar-refractivity contribution < 1.29 is 4.39 Å². The Morgan fingerprint density at radius 3 is 2.91 bits per heavy atom. The molecule has 0 radical (unpaired) electrons. The number of pyridine rings is 1. The van der Waals surface area contributed by atoms with E-state index in [9.17, 15) is 4.39 Å². The Morgan fingerprint density at radius 1 is 1.32 bits per heavy atom. The smallest absolute Gasteiger partial charge is 0.142 e. The first kappa shape index (κ1) is 15.1. The average molecular weight is 304 g/mol. The number of halogens is 1. The van der Waals surface area contributed by atoms with Crippen LogP contribution in [0.15, 0.2) is 24.7 Å². The van der Waals surface area contributed by atoms with Crippen LogP contribution in [-0.4, -0.2) is 69.5 Å². The number of likely N-dealkylation sites (tertiary alicyclic amines) is 1. The third-order valence-electron chi connectivity index (χ3n) is 4.16. The fourth-order valence-electron chi connectivity index (χ4n) is 2.77. The van der Waals surface area contributed by atoms with Gasteiger partial charge in [0.15, 0.2) is 0 Å². The number of hydrogen-bond acceptors (Lipinski definition) is 5. The van der Waals surface area contributed by atoms with Crippen LogP contribution in [0.4, 0.5) is 4.39 Å². The van der Waals surface area contributed by atoms with E-state index in [1.807, 2.05) is 10.9 Å². The standard InChI is InChI=1S/C15H21FN6/c1-20(2)14-3-4-21(10-14)5-6-22-11-15(18-19-22)12-7-13(16)9-17-8-12/h7-9,11,14H,3-6,10H2,1-2H3. The third-order valence-corrected chi connectivity index (χ3v) is 4.16. The topological polar surface area (TPSA) is 50.1 Å². The Hall–Kier alpha value is -1.86. The fraction of sp³-hybridized carbons (Fsp3) is 0.533. The van der Waals surface area contributed by atoms with E-state index in [1.165, 1.54) is 18.7 Å². The molecule has 1 aliphatic rings. The van der Waals surface area contributed by atoms with Gasteiger partial charge in [-0.25, -0.2) is 4.39 Å². The van der Waals surface area contributed by atoms with E-state index in [4.69, 9.17) is 0 Å². The Bertz CT molecular complexity index is 626. The van der Waals surface area contributed by atoms with Gasteiger partial charge in [-0.3, -0.25) is 14.6 Å². The molecule has 0 aliphatic carbocycles. The quantitative estimate of drug-likeness (QED) is 0.828. The van der Waals surface area contributed by atoms with Gasteiger partial charge in [-0.15, -0.1) is 5.10 Å². The van der Waals surface area contributed by atoms with E-state index in [2.05, 4.69) is 39.2 Å². The van der Waals surface area contributed by atoms with Crippen molar-refractivity contribution in [3.63, 3.8) is 0 Å². The minimum absolute atomic E-state index is 0.362. The molecular formula is C15H21FN6. The van der Waals surface area contributed by atoms with Crippen molar-refractivity contribution in [3.05, 3.63) is 30.5 Å². The minimum atomic E-state index is -0.362. The summed E-state index contributed by atoms with van der Waals surface area (Å²) in [6.45, 7) is 3.96. The van der Waals surface area contributed by atoms with Crippen molar-refractivity contribution in [3.8, 4) is 11.3 Å². The molecule has 0 aromatic carbocycles. The first-order chi connectivity index (χ1) is 10.6. The summed E-state index contributed by atoms with van der Waals surface area (Å²) in [6, 6.07) is 2.06. The van der Waals surface area contributed by atoms with Gasteiger partial charge >= 0.3 is 0 Å². The van der Waals surface area contributed by atoms with Crippen molar-refractivity contribution in [2.45, 2.75) is 19.0 Å². The van der Waals surface area contributed by atoms with Crippen LogP contribution >= 0.6 is 0 Å². The maximum absolute atomic E-state index is 13.2. The van der Waals surface area contributed by atoms with E-state index < -0.39 is 0 Å². The van der Waals surface area contributed by atoms with Gasteiger partial charge in [-0.05, 0) is 33.1 Å². The minimum Gasteiger partial charge on any atom is -0.305 e. The number of hydrogen-bond donors (Lipinski definition) is 0. The number of likely N-dealkylation sites (N-methyl/N-ethyl adjacent to an activating group) is 1. The lowest BCUT2D eigenvalue weighted by molar-refractivity contribution is 0.260. The first-order valence-electron chi connectivity index (χ1n) is 7.51. The number of nitrogens with zero attached hydrogens (tertiary/aromatic N) is 6. The lowest BCUT2D eigenvalue weighted by Crippen LogP contribution is -2.32. The molecule has 1 saturated heterocycles. The molecule has 2 aromatic rings. The Balaban J connectivity index is 1.56. The van der Waals surface area contributed by atoms with Crippen molar-refractivity contribution >= 4 is 0 Å². The lowest BCUT2D eigenvalue weighted by atomic mass is 10.2. The summed E-state index contributed by atoms with van der Waals surface area (Å²) in [5, 5.41) is 8.21. The number of aromatic nitrogens is 4. The summed E-state index contributed by atoms with van der Waals surface area (Å²) in [5.41, 5.74) is 1.31. The maximum atomic E-state index is 13.2. The molecular weight excluding hydrogens is 283 g/mol. The highest BCUT2D eigenvalue weighted by Gasteiger charge is 2.23. The van der Waals surface area contributed by atoms with Gasteiger partial charge < -0.3 is 4.90 Å². The van der Waals surface area contributed by atoms with Crippen LogP contribution in [0.1, 0.15) is 6.42 Å². The van der Waals surface area contributed by atoms with Gasteiger partial charge in [-0.1, -0.05) is 5.21 Å². The van der Waals surface area contributed by atoms with Crippen LogP contribution in [0.2, 0.25) is 0 Å². The zero-order valence-electron chi connectivity index (χ0n) is 13.0. The van der Waals surface area contributed by atoms with Gasteiger partial charge in [0.05, 0.1) is 18.9 Å². The van der Waals surface area contributed by atoms with Gasteiger partial charge in [0.25, 0.3) is 0 Å². The molecule has 1 aliphatic heterocycles. The molecule has 0 saturated carbocycles. The second kappa shape index (κ2) is 6.50. The molecule has 0 spiro atoms. The molecule has 2 aromatic heterocycles. The second-order valence-electron chi connectivity index (χ2n) is 5.97. The second-order valence-corrected chi connectivity index (χ2v) is 5.97. The predicted octanol–water partition coefficient (Wildman–Crippen LogP) is 1.12. The zero-order valence-corrected chi connectivity index (χ0v) is 13.0. The van der Waals surface area contributed by atoms with Crippen molar-refractivity contribution in [1.29, 1.82) is 0 Å². The zero-order chi connectivity index (χ0) is 15.5. The summed E-state index contributed by atoms with van der Waals surface area (Å²) in [6.07, 6.45) is 5.84. The largest absolute Gasteiger partial charge is 0.305 e. The molecule has 118 valence electrons. The van der Waals surface area contributed by atoms with Crippen LogP contribution in [0, 0.1) is 5.82 Å². The summed E-state index contributed by atoms with van der Waals surface area (Å²) >= 11 is 0. The highest BCUT2D eigenvalue weighted by atomic mass is 19.1. The fourth-order valence-corrected chi connectivity index (χ4v) is 2.77. The van der Waals surface area contributed by atoms with Crippen LogP contribution in [0.25, 0.3) is 11.3 Å². The monoisotopic (exact) mass is 304 g/mol. The van der Waals surface area contributed by atoms with Crippen molar-refractivity contribution in [1.82, 2.24) is 29.8 Å². The number of rotatable bonds is 5. The predicted molar refractivity (Wildman–Crippen MR) is 81.7 cm³/mol. The molecule has 3 heterocycles. The molecule has 0 amide bonds. The Morgan fingerprint density at radius 2 is 2.18 bits per heavy atom. The molecule has 1 atom stereocenters. The summed E-state index contributed by atoms with van der Waals surface area (Å²) < 4.78 is 15.0. The van der Waals surface area contributed by atoms with Crippen LogP contribution in [-0.2, 0) is 6.54 Å². The average Bonchev–Trinajstić information content (AvgIpc) is 3.14. The van der Waals surface area contributed by atoms with Gasteiger partial charge in [0.1, 0.15) is 11.5 Å². The van der Waals surface area contributed by atoms with Crippen molar-refractivity contribution in [2.75, 3.05) is 33.7 Å². The van der Waals surface area contributed by atoms with Gasteiger partial charge in [0, 0.05) is 30.9 Å².